The first kappa shape index (κ1) is 50.5. The number of amides is 4. The van der Waals surface area contributed by atoms with Crippen LogP contribution in [0.15, 0.2) is 60.7 Å². The van der Waals surface area contributed by atoms with E-state index in [0.29, 0.717) is 49.0 Å². The van der Waals surface area contributed by atoms with Gasteiger partial charge in [-0.15, -0.1) is 22.7 Å². The molecule has 21 heteroatoms. The topological polar surface area (TPSA) is 233 Å². The van der Waals surface area contributed by atoms with Gasteiger partial charge in [0.25, 0.3) is 11.8 Å². The van der Waals surface area contributed by atoms with Gasteiger partial charge >= 0.3 is 0 Å². The molecule has 0 saturated carbocycles. The minimum Gasteiger partial charge on any atom is -0.354 e. The summed E-state index contributed by atoms with van der Waals surface area (Å²) in [5, 5.41) is 16.8. The molecule has 0 aliphatic carbocycles. The van der Waals surface area contributed by atoms with Crippen molar-refractivity contribution in [2.45, 2.75) is 18.5 Å². The minimum atomic E-state index is -0.764. The van der Waals surface area contributed by atoms with Gasteiger partial charge in [-0.25, -0.2) is 0 Å². The molecule has 2 aromatic heterocycles. The van der Waals surface area contributed by atoms with Crippen molar-refractivity contribution in [3.05, 3.63) is 70.4 Å². The third kappa shape index (κ3) is 20.1. The van der Waals surface area contributed by atoms with Crippen LogP contribution in [0, 0.1) is 0 Å². The SMILES string of the molecule is NCCSSCCCNC(CNC(=O)c1cc2ccccc2s1)C(=O)NCCSSCCN.NCCSSCCNC(=O)C(N)CNC(=O)c1cc2ccccc2s1. The normalized spacial score (nSPS) is 12.1. The van der Waals surface area contributed by atoms with Gasteiger partial charge in [0.05, 0.1) is 9.75 Å². The Hall–Kier alpha value is -1.86. The second-order valence-corrected chi connectivity index (χ2v) is 22.3. The van der Waals surface area contributed by atoms with Crippen molar-refractivity contribution < 1.29 is 19.2 Å². The Morgan fingerprint density at radius 2 is 1.00 bits per heavy atom. The lowest BCUT2D eigenvalue weighted by atomic mass is 10.2. The molecule has 0 radical (unpaired) electrons. The van der Waals surface area contributed by atoms with Gasteiger partial charge in [-0.1, -0.05) is 101 Å². The molecule has 58 heavy (non-hydrogen) atoms. The number of carbonyl (C=O) groups is 4. The maximum Gasteiger partial charge on any atom is 0.261 e. The smallest absolute Gasteiger partial charge is 0.261 e. The van der Waals surface area contributed by atoms with Crippen LogP contribution in [0.2, 0.25) is 0 Å². The van der Waals surface area contributed by atoms with Crippen LogP contribution in [0.5, 0.6) is 0 Å². The highest BCUT2D eigenvalue weighted by Crippen LogP contribution is 2.26. The Bertz CT molecular complexity index is 1740. The molecule has 13 nitrogen and oxygen atoms in total. The Kier molecular flexibility index (Phi) is 27.0. The summed E-state index contributed by atoms with van der Waals surface area (Å²) in [6, 6.07) is 18.2. The average molecular weight is 946 g/mol. The van der Waals surface area contributed by atoms with E-state index in [1.807, 2.05) is 60.7 Å². The average Bonchev–Trinajstić information content (AvgIpc) is 3.88. The van der Waals surface area contributed by atoms with Gasteiger partial charge in [-0.05, 0) is 48.0 Å². The van der Waals surface area contributed by atoms with E-state index < -0.39 is 12.1 Å². The molecule has 2 heterocycles. The molecule has 0 spiro atoms. The van der Waals surface area contributed by atoms with Crippen LogP contribution in [0.3, 0.4) is 0 Å². The maximum absolute atomic E-state index is 12.7. The third-order valence-corrected chi connectivity index (χ3v) is 17.2. The fourth-order valence-corrected chi connectivity index (χ4v) is 12.1. The molecular formula is C37H55N9O4S8. The van der Waals surface area contributed by atoms with Crippen LogP contribution in [-0.4, -0.2) is 123 Å². The van der Waals surface area contributed by atoms with Crippen molar-refractivity contribution in [3.8, 4) is 0 Å². The quantitative estimate of drug-likeness (QED) is 0.0287. The van der Waals surface area contributed by atoms with Gasteiger partial charge in [0.15, 0.2) is 0 Å². The Morgan fingerprint density at radius 3 is 1.50 bits per heavy atom. The molecule has 4 rings (SSSR count). The second kappa shape index (κ2) is 31.1. The largest absolute Gasteiger partial charge is 0.354 e. The molecule has 0 saturated heterocycles. The number of hydrogen-bond donors (Lipinski definition) is 9. The fourth-order valence-electron chi connectivity index (χ4n) is 4.70. The molecule has 2 atom stereocenters. The van der Waals surface area contributed by atoms with Crippen LogP contribution >= 0.6 is 87.4 Å². The van der Waals surface area contributed by atoms with Crippen molar-refractivity contribution >= 4 is 131 Å². The molecule has 2 aromatic carbocycles. The van der Waals surface area contributed by atoms with Crippen molar-refractivity contribution in [2.75, 3.05) is 86.9 Å². The van der Waals surface area contributed by atoms with E-state index in [2.05, 4.69) is 26.6 Å². The summed E-state index contributed by atoms with van der Waals surface area (Å²) in [5.41, 5.74) is 22.2. The highest BCUT2D eigenvalue weighted by Gasteiger charge is 2.20. The molecule has 4 aromatic rings. The van der Waals surface area contributed by atoms with E-state index >= 15 is 0 Å². The minimum absolute atomic E-state index is 0.0961. The van der Waals surface area contributed by atoms with E-state index in [1.54, 1.807) is 64.8 Å². The predicted octanol–water partition coefficient (Wildman–Crippen LogP) is 4.19. The second-order valence-electron chi connectivity index (χ2n) is 12.1. The predicted molar refractivity (Wildman–Crippen MR) is 261 cm³/mol. The zero-order chi connectivity index (χ0) is 41.8. The molecule has 0 bridgehead atoms. The first-order chi connectivity index (χ1) is 28.3. The molecule has 0 aliphatic rings. The van der Waals surface area contributed by atoms with Gasteiger partial charge in [-0.3, -0.25) is 19.2 Å². The molecular weight excluding hydrogens is 891 g/mol. The lowest BCUT2D eigenvalue weighted by molar-refractivity contribution is -0.123. The number of fused-ring (bicyclic) bond motifs is 2. The van der Waals surface area contributed by atoms with Crippen molar-refractivity contribution in [1.29, 1.82) is 0 Å². The number of rotatable bonds is 28. The van der Waals surface area contributed by atoms with Crippen LogP contribution < -0.4 is 49.5 Å². The number of nitrogens with two attached hydrogens (primary N) is 4. The molecule has 0 aliphatic heterocycles. The zero-order valence-corrected chi connectivity index (χ0v) is 38.8. The van der Waals surface area contributed by atoms with Gasteiger partial charge in [0.2, 0.25) is 11.8 Å². The molecule has 320 valence electrons. The van der Waals surface area contributed by atoms with E-state index in [0.717, 1.165) is 61.1 Å². The lowest BCUT2D eigenvalue weighted by Gasteiger charge is -2.19. The Morgan fingerprint density at radius 1 is 0.552 bits per heavy atom. The summed E-state index contributed by atoms with van der Waals surface area (Å²) < 4.78 is 2.13. The third-order valence-electron chi connectivity index (χ3n) is 7.52. The summed E-state index contributed by atoms with van der Waals surface area (Å²) in [7, 11) is 10.3. The summed E-state index contributed by atoms with van der Waals surface area (Å²) in [6.45, 7) is 4.15. The van der Waals surface area contributed by atoms with Crippen LogP contribution in [0.1, 0.15) is 25.8 Å². The zero-order valence-electron chi connectivity index (χ0n) is 32.2. The van der Waals surface area contributed by atoms with Crippen LogP contribution in [0.4, 0.5) is 0 Å². The van der Waals surface area contributed by atoms with Crippen molar-refractivity contribution in [3.63, 3.8) is 0 Å². The molecule has 0 fully saturated rings. The monoisotopic (exact) mass is 945 g/mol. The number of hydrogen-bond acceptors (Lipinski definition) is 17. The van der Waals surface area contributed by atoms with Gasteiger partial charge in [0, 0.05) is 89.7 Å². The maximum atomic E-state index is 12.7. The van der Waals surface area contributed by atoms with E-state index in [-0.39, 0.29) is 36.7 Å². The Balaban J connectivity index is 0.000000322. The van der Waals surface area contributed by atoms with E-state index in [1.165, 1.54) is 22.7 Å². The summed E-state index contributed by atoms with van der Waals surface area (Å²) >= 11 is 2.88. The number of benzene rings is 2. The summed E-state index contributed by atoms with van der Waals surface area (Å²) in [6.07, 6.45) is 0.932. The molecule has 13 N–H and O–H groups in total. The fraction of sp³-hybridized carbons (Fsp3) is 0.459. The number of nitrogens with one attached hydrogen (secondary N) is 5. The van der Waals surface area contributed by atoms with Crippen molar-refractivity contribution in [2.24, 2.45) is 22.9 Å². The highest BCUT2D eigenvalue weighted by molar-refractivity contribution is 8.77. The number of carbonyl (C=O) groups excluding carboxylic acids is 4. The summed E-state index contributed by atoms with van der Waals surface area (Å²) in [5.74, 6) is 4.59. The standard InChI is InChI=1S/C21H33N5O2S5.C16H22N4O2S3/c22-6-11-30-29-10-3-8-24-17(20(27)25-9-13-32-31-12-7-23)15-26-21(28)19-14-16-4-1-2-5-18(16)33-19;17-5-7-23-24-8-6-19-15(21)12(18)10-20-16(22)14-9-11-3-1-2-4-13(11)25-14/h1-2,4-5,14,17,24H,3,6-13,15,22-23H2,(H,25,27)(H,26,28);1-4,9,12H,5-8,10,17-18H2,(H,19,21)(H,20,22). The molecule has 4 amide bonds. The van der Waals surface area contributed by atoms with Crippen LogP contribution in [0.25, 0.3) is 20.2 Å². The van der Waals surface area contributed by atoms with Crippen LogP contribution in [-0.2, 0) is 9.59 Å². The first-order valence-corrected chi connectivity index (χ1v) is 27.8. The van der Waals surface area contributed by atoms with E-state index in [4.69, 9.17) is 22.9 Å². The lowest BCUT2D eigenvalue weighted by Crippen LogP contribution is -2.51. The van der Waals surface area contributed by atoms with Gasteiger partial charge < -0.3 is 49.5 Å². The first-order valence-electron chi connectivity index (χ1n) is 18.7. The van der Waals surface area contributed by atoms with Crippen molar-refractivity contribution in [1.82, 2.24) is 26.6 Å². The number of thiophene rings is 2. The van der Waals surface area contributed by atoms with Gasteiger partial charge in [-0.2, -0.15) is 0 Å². The summed E-state index contributed by atoms with van der Waals surface area (Å²) in [4.78, 5) is 50.8. The van der Waals surface area contributed by atoms with E-state index in [9.17, 15) is 19.2 Å². The van der Waals surface area contributed by atoms with Gasteiger partial charge in [0.1, 0.15) is 12.1 Å². The Labute approximate surface area is 372 Å². The highest BCUT2D eigenvalue weighted by atomic mass is 33.1. The molecule has 2 unspecified atom stereocenters.